The maximum Gasteiger partial charge on any atom is 0.136 e. The second kappa shape index (κ2) is 29.5. The van der Waals surface area contributed by atoms with Crippen LogP contribution >= 0.6 is 0 Å². The van der Waals surface area contributed by atoms with E-state index in [4.69, 9.17) is 8.83 Å². The summed E-state index contributed by atoms with van der Waals surface area (Å²) in [6, 6.07) is 96.5. The second-order valence-electron chi connectivity index (χ2n) is 42.7. The van der Waals surface area contributed by atoms with Crippen molar-refractivity contribution in [2.24, 2.45) is 0 Å². The minimum atomic E-state index is -0.242. The molecule has 0 amide bonds. The smallest absolute Gasteiger partial charge is 0.136 e. The molecule has 17 rings (SSSR count). The first kappa shape index (κ1) is 82.2. The molecule has 0 radical (unpaired) electrons. The van der Waals surface area contributed by atoms with Crippen molar-refractivity contribution in [1.82, 2.24) is 9.13 Å². The number of benzene rings is 13. The normalized spacial score (nSPS) is 13.0. The summed E-state index contributed by atoms with van der Waals surface area (Å²) in [6.07, 6.45) is 0. The van der Waals surface area contributed by atoms with E-state index in [2.05, 4.69) is 457 Å². The van der Waals surface area contributed by atoms with Crippen LogP contribution in [0.15, 0.2) is 270 Å². The minimum Gasteiger partial charge on any atom is -0.456 e. The number of hydrogen-bond acceptors (Lipinski definition) is 2. The molecule has 0 aliphatic heterocycles. The van der Waals surface area contributed by atoms with Gasteiger partial charge in [-0.05, 0) is 222 Å². The van der Waals surface area contributed by atoms with Crippen LogP contribution in [0.1, 0.15) is 237 Å². The van der Waals surface area contributed by atoms with Gasteiger partial charge in [-0.1, -0.05) is 369 Å². The Balaban J connectivity index is 0.000000169. The van der Waals surface area contributed by atoms with Crippen molar-refractivity contribution >= 4 is 87.5 Å². The molecule has 0 spiro atoms. The van der Waals surface area contributed by atoms with Crippen molar-refractivity contribution in [2.45, 2.75) is 236 Å². The lowest BCUT2D eigenvalue weighted by molar-refractivity contribution is 0.567. The molecule has 0 N–H and O–H groups in total. The number of nitrogens with zero attached hydrogens (tertiary/aromatic N) is 2. The van der Waals surface area contributed by atoms with E-state index in [0.717, 1.165) is 22.3 Å². The van der Waals surface area contributed by atoms with Gasteiger partial charge in [-0.15, -0.1) is 0 Å². The van der Waals surface area contributed by atoms with Crippen molar-refractivity contribution in [2.75, 3.05) is 0 Å². The van der Waals surface area contributed by atoms with Crippen molar-refractivity contribution in [3.63, 3.8) is 0 Å². The molecule has 17 aromatic rings. The predicted octanol–water partition coefficient (Wildman–Crippen LogP) is 33.4. The highest BCUT2D eigenvalue weighted by Crippen LogP contribution is 2.52. The van der Waals surface area contributed by atoms with Crippen LogP contribution in [0, 0.1) is 0 Å². The van der Waals surface area contributed by atoms with Crippen molar-refractivity contribution < 1.29 is 8.83 Å². The molecule has 0 aliphatic carbocycles. The standard InChI is InChI=1S/C64H80N2.C28H24O.C22H20O/c1-58(2,3)40-25-27-50-48(37-40)49-38-41(59(4,5)6)26-28-51(49)66(50)54-30-29-53-56(57(54)64(19,20)21)55-47(39-31-42(60(7,8)9)33-43(32-39)61(10,11)12)23-22-24-52(55)65(53)46-35-44(62(13,14)15)34-45(36-46)63(16,17)18;1-28(2,3)27-22(20-13-8-5-9-14-20)17-18-24-26(27)25-21(15-10-16-23(25)29-24)19-11-6-4-7-12-19;1-22(2,3)17-12-8-14-19-21(17)20-16(11-7-13-18(20)23-19)15-9-5-4-6-10-15/h22-38H,1-21H3;4-18H,1-3H3;4-14H,1-3H3. The van der Waals surface area contributed by atoms with Gasteiger partial charge in [-0.3, -0.25) is 0 Å². The van der Waals surface area contributed by atoms with Gasteiger partial charge >= 0.3 is 0 Å². The van der Waals surface area contributed by atoms with Gasteiger partial charge in [0.15, 0.2) is 0 Å². The van der Waals surface area contributed by atoms with Crippen molar-refractivity contribution in [3.8, 4) is 55.9 Å². The van der Waals surface area contributed by atoms with Crippen molar-refractivity contribution in [3.05, 3.63) is 311 Å². The first-order valence-corrected chi connectivity index (χ1v) is 42.9. The Kier molecular flexibility index (Phi) is 20.6. The van der Waals surface area contributed by atoms with E-state index in [0.29, 0.717) is 0 Å². The lowest BCUT2D eigenvalue weighted by atomic mass is 9.78. The van der Waals surface area contributed by atoms with Gasteiger partial charge in [-0.25, -0.2) is 0 Å². The second-order valence-corrected chi connectivity index (χ2v) is 42.7. The summed E-state index contributed by atoms with van der Waals surface area (Å²) in [6.45, 7) is 63.1. The van der Waals surface area contributed by atoms with Gasteiger partial charge in [-0.2, -0.15) is 0 Å². The predicted molar refractivity (Wildman–Crippen MR) is 513 cm³/mol. The van der Waals surface area contributed by atoms with E-state index in [-0.39, 0.29) is 48.7 Å². The molecule has 602 valence electrons. The summed E-state index contributed by atoms with van der Waals surface area (Å²) < 4.78 is 17.7. The third-order valence-corrected chi connectivity index (χ3v) is 24.3. The third kappa shape index (κ3) is 15.5. The zero-order chi connectivity index (χ0) is 84.7. The summed E-state index contributed by atoms with van der Waals surface area (Å²) in [5.74, 6) is 0. The average Bonchev–Trinajstić information content (AvgIpc) is 1.54. The highest BCUT2D eigenvalue weighted by molar-refractivity contribution is 6.20. The van der Waals surface area contributed by atoms with Gasteiger partial charge in [0.25, 0.3) is 0 Å². The van der Waals surface area contributed by atoms with Crippen LogP contribution in [0.5, 0.6) is 0 Å². The van der Waals surface area contributed by atoms with Crippen LogP contribution < -0.4 is 0 Å². The summed E-state index contributed by atoms with van der Waals surface area (Å²) in [5, 5.41) is 10.2. The summed E-state index contributed by atoms with van der Waals surface area (Å²) in [4.78, 5) is 0. The molecule has 4 aromatic heterocycles. The molecule has 118 heavy (non-hydrogen) atoms. The van der Waals surface area contributed by atoms with Gasteiger partial charge in [0.05, 0.1) is 27.8 Å². The molecular weight excluding hydrogens is 1430 g/mol. The Labute approximate surface area is 703 Å². The topological polar surface area (TPSA) is 36.1 Å². The van der Waals surface area contributed by atoms with Crippen LogP contribution in [0.3, 0.4) is 0 Å². The maximum absolute atomic E-state index is 6.34. The molecule has 0 bridgehead atoms. The molecule has 0 atom stereocenters. The monoisotopic (exact) mass is 1550 g/mol. The highest BCUT2D eigenvalue weighted by atomic mass is 16.3. The van der Waals surface area contributed by atoms with Crippen LogP contribution in [0.2, 0.25) is 0 Å². The van der Waals surface area contributed by atoms with Crippen LogP contribution in [-0.4, -0.2) is 9.13 Å². The van der Waals surface area contributed by atoms with E-state index in [9.17, 15) is 0 Å². The minimum absolute atomic E-state index is 0.0192. The van der Waals surface area contributed by atoms with Crippen LogP contribution in [0.25, 0.3) is 143 Å². The van der Waals surface area contributed by atoms with Gasteiger partial charge < -0.3 is 18.0 Å². The Morgan fingerprint density at radius 3 is 0.992 bits per heavy atom. The fourth-order valence-electron chi connectivity index (χ4n) is 17.8. The van der Waals surface area contributed by atoms with Gasteiger partial charge in [0.2, 0.25) is 0 Å². The number of rotatable bonds is 6. The molecule has 13 aromatic carbocycles. The maximum atomic E-state index is 6.34. The van der Waals surface area contributed by atoms with Crippen LogP contribution in [-0.2, 0) is 48.7 Å². The first-order valence-electron chi connectivity index (χ1n) is 42.9. The molecule has 0 aliphatic rings. The van der Waals surface area contributed by atoms with Gasteiger partial charge in [0.1, 0.15) is 22.3 Å². The Hall–Kier alpha value is -10.9. The zero-order valence-corrected chi connectivity index (χ0v) is 75.5. The number of hydrogen-bond donors (Lipinski definition) is 0. The molecule has 4 heteroatoms. The summed E-state index contributed by atoms with van der Waals surface area (Å²) in [5.41, 5.74) is 33.1. The fraction of sp³-hybridized carbons (Fsp3) is 0.316. The number of furan rings is 2. The lowest BCUT2D eigenvalue weighted by Gasteiger charge is -2.28. The van der Waals surface area contributed by atoms with E-state index in [1.54, 1.807) is 0 Å². The Bertz CT molecular complexity index is 6540. The molecule has 4 nitrogen and oxygen atoms in total. The number of aromatic nitrogens is 2. The largest absolute Gasteiger partial charge is 0.456 e. The van der Waals surface area contributed by atoms with E-state index < -0.39 is 0 Å². The molecule has 0 fully saturated rings. The summed E-state index contributed by atoms with van der Waals surface area (Å²) >= 11 is 0. The summed E-state index contributed by atoms with van der Waals surface area (Å²) in [7, 11) is 0. The van der Waals surface area contributed by atoms with Crippen LogP contribution in [0.4, 0.5) is 0 Å². The van der Waals surface area contributed by atoms with E-state index in [1.165, 1.54) is 171 Å². The van der Waals surface area contributed by atoms with E-state index >= 15 is 0 Å². The molecule has 0 unspecified atom stereocenters. The first-order chi connectivity index (χ1) is 55.2. The molecular formula is C114H124N2O2. The molecule has 4 heterocycles. The Morgan fingerprint density at radius 2 is 0.568 bits per heavy atom. The lowest BCUT2D eigenvalue weighted by Crippen LogP contribution is -2.17. The molecule has 0 saturated carbocycles. The number of fused-ring (bicyclic) bond motifs is 12. The molecule has 0 saturated heterocycles. The average molecular weight is 1550 g/mol. The fourth-order valence-corrected chi connectivity index (χ4v) is 17.8. The van der Waals surface area contributed by atoms with Gasteiger partial charge in [0, 0.05) is 48.8 Å². The van der Waals surface area contributed by atoms with Crippen molar-refractivity contribution in [1.29, 1.82) is 0 Å². The highest BCUT2D eigenvalue weighted by Gasteiger charge is 2.34. The Morgan fingerprint density at radius 1 is 0.203 bits per heavy atom. The quantitative estimate of drug-likeness (QED) is 0.166. The van der Waals surface area contributed by atoms with E-state index in [1.807, 2.05) is 0 Å². The zero-order valence-electron chi connectivity index (χ0n) is 75.5. The SMILES string of the molecule is CC(C)(C)c1c(-c2ccccc2)ccc2oc3cccc(-c4ccccc4)c3c12.CC(C)(C)c1cc(-c2cccc3c2c2c(C(C)(C)C)c(-n4c5ccc(C(C)(C)C)cc5c5cc(C(C)(C)C)ccc54)ccc2n3-c2cc(C(C)(C)C)cc(C(C)(C)C)c2)cc(C(C)(C)C)c1.CC(C)(C)c1cccc2oc3cccc(-c4ccccc4)c3c12. The third-order valence-electron chi connectivity index (χ3n) is 24.3.